The Kier molecular flexibility index (Phi) is 8.05. The number of fused-ring (bicyclic) bond motifs is 5. The summed E-state index contributed by atoms with van der Waals surface area (Å²) in [6.07, 6.45) is 2.28. The van der Waals surface area contributed by atoms with Gasteiger partial charge in [0, 0.05) is 40.9 Å². The summed E-state index contributed by atoms with van der Waals surface area (Å²) in [6, 6.07) is 17.5. The number of nitrogens with zero attached hydrogens (tertiary/aromatic N) is 5. The summed E-state index contributed by atoms with van der Waals surface area (Å²) < 4.78 is 8.04. The van der Waals surface area contributed by atoms with Crippen LogP contribution in [0.1, 0.15) is 36.8 Å². The van der Waals surface area contributed by atoms with E-state index in [4.69, 9.17) is 21.4 Å². The van der Waals surface area contributed by atoms with Crippen molar-refractivity contribution < 1.29 is 33.9 Å². The van der Waals surface area contributed by atoms with Gasteiger partial charge in [-0.15, -0.1) is 11.3 Å². The van der Waals surface area contributed by atoms with Crippen LogP contribution in [0.2, 0.25) is 5.02 Å². The fraction of sp³-hybridized carbons (Fsp3) is 0.293. The molecule has 2 saturated heterocycles. The van der Waals surface area contributed by atoms with Crippen molar-refractivity contribution in [2.24, 2.45) is 36.1 Å². The number of phenolic OH excluding ortho intramolecular Hbond substituents is 1. The number of carbonyl (C=O) groups excluding carboxylic acids is 4. The molecule has 1 saturated carbocycles. The number of hydrogen-bond donors (Lipinski definition) is 1. The number of phenols is 1. The van der Waals surface area contributed by atoms with Crippen molar-refractivity contribution in [3.05, 3.63) is 105 Å². The first-order valence-electron chi connectivity index (χ1n) is 18.0. The Bertz CT molecular complexity index is 2620. The summed E-state index contributed by atoms with van der Waals surface area (Å²) in [7, 11) is 3.11. The van der Waals surface area contributed by atoms with E-state index in [1.165, 1.54) is 47.0 Å². The summed E-state index contributed by atoms with van der Waals surface area (Å²) in [4.78, 5) is 72.3. The number of amides is 4. The number of ether oxygens (including phenoxy) is 1. The van der Waals surface area contributed by atoms with Gasteiger partial charge in [-0.1, -0.05) is 29.3 Å². The Hall–Kier alpha value is -5.86. The molecule has 3 fully saturated rings. The highest BCUT2D eigenvalue weighted by Crippen LogP contribution is 2.64. The van der Waals surface area contributed by atoms with E-state index in [1.807, 2.05) is 31.2 Å². The van der Waals surface area contributed by atoms with Crippen LogP contribution in [0.4, 0.5) is 17.2 Å². The summed E-state index contributed by atoms with van der Waals surface area (Å²) in [5.41, 5.74) is 1.65. The molecule has 4 aliphatic rings. The molecule has 2 aliphatic heterocycles. The maximum atomic E-state index is 15.1. The molecule has 5 aromatic rings. The second-order valence-electron chi connectivity index (χ2n) is 15.1. The van der Waals surface area contributed by atoms with Crippen molar-refractivity contribution in [1.29, 1.82) is 0 Å². The fourth-order valence-corrected chi connectivity index (χ4v) is 11.0. The largest absolute Gasteiger partial charge is 0.504 e. The van der Waals surface area contributed by atoms with E-state index in [-0.39, 0.29) is 35.7 Å². The number of nitro groups is 1. The number of imide groups is 2. The highest BCUT2D eigenvalue weighted by Gasteiger charge is 2.68. The molecule has 2 aliphatic carbocycles. The van der Waals surface area contributed by atoms with Gasteiger partial charge in [0.15, 0.2) is 11.5 Å². The van der Waals surface area contributed by atoms with Crippen molar-refractivity contribution in [2.45, 2.75) is 32.6 Å². The van der Waals surface area contributed by atoms with Crippen molar-refractivity contribution in [1.82, 2.24) is 9.78 Å². The zero-order valence-corrected chi connectivity index (χ0v) is 32.1. The van der Waals surface area contributed by atoms with Crippen LogP contribution in [-0.4, -0.2) is 50.5 Å². The molecule has 4 amide bonds. The number of anilines is 2. The second kappa shape index (κ2) is 12.6. The van der Waals surface area contributed by atoms with Gasteiger partial charge in [0.05, 0.1) is 45.8 Å². The number of allylic oxidation sites excluding steroid dienone is 2. The summed E-state index contributed by atoms with van der Waals surface area (Å²) in [5.74, 6) is -5.16. The maximum Gasteiger partial charge on any atom is 0.269 e. The molecule has 0 spiro atoms. The average molecular weight is 792 g/mol. The van der Waals surface area contributed by atoms with Crippen LogP contribution in [0, 0.1) is 46.1 Å². The molecule has 2 aromatic heterocycles. The Labute approximate surface area is 328 Å². The topological polar surface area (TPSA) is 165 Å². The third-order valence-electron chi connectivity index (χ3n) is 12.3. The van der Waals surface area contributed by atoms with Gasteiger partial charge in [-0.05, 0) is 91.6 Å². The van der Waals surface area contributed by atoms with Crippen LogP contribution < -0.4 is 14.5 Å². The van der Waals surface area contributed by atoms with Gasteiger partial charge in [0.1, 0.15) is 11.5 Å². The van der Waals surface area contributed by atoms with Gasteiger partial charge in [0.2, 0.25) is 23.6 Å². The lowest BCUT2D eigenvalue weighted by Crippen LogP contribution is -2.48. The number of aromatic hydroxyl groups is 1. The minimum absolute atomic E-state index is 0.102. The van der Waals surface area contributed by atoms with E-state index in [2.05, 4.69) is 0 Å². The van der Waals surface area contributed by atoms with Gasteiger partial charge >= 0.3 is 0 Å². The van der Waals surface area contributed by atoms with Crippen LogP contribution in [0.3, 0.4) is 0 Å². The van der Waals surface area contributed by atoms with Crippen molar-refractivity contribution in [3.63, 3.8) is 0 Å². The SMILES string of the molecule is COc1cc(C2C3=CCC4C(=O)N(c5ccc([N+](=O)[O-])cc5)C(=O)C4C3CC3C(=O)N(c4cc(-c5sc6ccc(Cl)cc6c5C)nn4C)C(=O)C32C)ccc1O. The molecular weight excluding hydrogens is 758 g/mol. The molecule has 9 rings (SSSR count). The molecule has 1 N–H and O–H groups in total. The number of aryl methyl sites for hydroxylation is 2. The van der Waals surface area contributed by atoms with Crippen LogP contribution in [0.5, 0.6) is 11.5 Å². The molecule has 284 valence electrons. The number of non-ortho nitro benzene ring substituents is 1. The minimum Gasteiger partial charge on any atom is -0.504 e. The van der Waals surface area contributed by atoms with Gasteiger partial charge in [-0.2, -0.15) is 5.10 Å². The lowest BCUT2D eigenvalue weighted by atomic mass is 9.51. The Morgan fingerprint density at radius 1 is 0.982 bits per heavy atom. The molecule has 13 nitrogen and oxygen atoms in total. The molecule has 15 heteroatoms. The van der Waals surface area contributed by atoms with Crippen molar-refractivity contribution in [3.8, 4) is 22.1 Å². The first kappa shape index (κ1) is 35.8. The van der Waals surface area contributed by atoms with E-state index < -0.39 is 63.6 Å². The smallest absolute Gasteiger partial charge is 0.269 e. The summed E-state index contributed by atoms with van der Waals surface area (Å²) in [5, 5.41) is 28.3. The van der Waals surface area contributed by atoms with Gasteiger partial charge in [0.25, 0.3) is 5.69 Å². The second-order valence-corrected chi connectivity index (χ2v) is 16.6. The fourth-order valence-electron chi connectivity index (χ4n) is 9.68. The predicted octanol–water partition coefficient (Wildman–Crippen LogP) is 7.32. The zero-order valence-electron chi connectivity index (χ0n) is 30.6. The number of methoxy groups -OCH3 is 1. The molecule has 4 heterocycles. The maximum absolute atomic E-state index is 15.1. The Morgan fingerprint density at radius 3 is 2.45 bits per heavy atom. The van der Waals surface area contributed by atoms with E-state index in [9.17, 15) is 29.6 Å². The minimum atomic E-state index is -1.34. The normalized spacial score (nSPS) is 25.7. The molecule has 6 unspecified atom stereocenters. The lowest BCUT2D eigenvalue weighted by Gasteiger charge is -2.49. The number of halogens is 1. The highest BCUT2D eigenvalue weighted by atomic mass is 35.5. The van der Waals surface area contributed by atoms with Crippen LogP contribution in [-0.2, 0) is 26.2 Å². The lowest BCUT2D eigenvalue weighted by molar-refractivity contribution is -0.384. The quantitative estimate of drug-likeness (QED) is 0.0803. The van der Waals surface area contributed by atoms with E-state index in [1.54, 1.807) is 43.5 Å². The molecule has 6 atom stereocenters. The standard InChI is InChI=1S/C41H34ClN5O8S/c1-19-26-16-21(42)6-14-32(26)56-36(19)29-18-33(44(3)43-29)46-38(50)28-17-27-24(35(41(28,2)40(46)52)20-5-13-30(48)31(15-20)55-4)11-12-25-34(27)39(51)45(37(25)49)22-7-9-23(10-8-22)47(53)54/h5-11,13-16,18,25,27-28,34-35,48H,12,17H2,1-4H3. The highest BCUT2D eigenvalue weighted by molar-refractivity contribution is 7.22. The van der Waals surface area contributed by atoms with Crippen LogP contribution in [0.15, 0.2) is 78.4 Å². The Balaban J connectivity index is 1.14. The van der Waals surface area contributed by atoms with Crippen molar-refractivity contribution in [2.75, 3.05) is 16.9 Å². The van der Waals surface area contributed by atoms with Crippen LogP contribution in [0.25, 0.3) is 20.7 Å². The Morgan fingerprint density at radius 2 is 1.73 bits per heavy atom. The van der Waals surface area contributed by atoms with E-state index >= 15 is 4.79 Å². The monoisotopic (exact) mass is 791 g/mol. The molecule has 0 bridgehead atoms. The third-order valence-corrected chi connectivity index (χ3v) is 13.9. The zero-order chi connectivity index (χ0) is 39.5. The average Bonchev–Trinajstić information content (AvgIpc) is 3.85. The van der Waals surface area contributed by atoms with E-state index in [0.717, 1.165) is 31.0 Å². The third kappa shape index (κ3) is 4.94. The first-order valence-corrected chi connectivity index (χ1v) is 19.2. The molecular formula is C41H34ClN5O8S. The van der Waals surface area contributed by atoms with Crippen molar-refractivity contribution >= 4 is 73.8 Å². The number of benzene rings is 3. The van der Waals surface area contributed by atoms with Gasteiger partial charge in [-0.3, -0.25) is 38.9 Å². The number of thiophene rings is 1. The molecule has 3 aromatic carbocycles. The number of hydrogen-bond acceptors (Lipinski definition) is 10. The summed E-state index contributed by atoms with van der Waals surface area (Å²) in [6.45, 7) is 3.77. The number of aromatic nitrogens is 2. The first-order chi connectivity index (χ1) is 26.7. The van der Waals surface area contributed by atoms with Gasteiger partial charge < -0.3 is 9.84 Å². The number of carbonyl (C=O) groups is 4. The summed E-state index contributed by atoms with van der Waals surface area (Å²) >= 11 is 7.85. The van der Waals surface area contributed by atoms with Crippen LogP contribution >= 0.6 is 22.9 Å². The van der Waals surface area contributed by atoms with E-state index in [0.29, 0.717) is 22.1 Å². The van der Waals surface area contributed by atoms with Gasteiger partial charge in [-0.25, -0.2) is 4.90 Å². The number of nitro benzene ring substituents is 1. The molecule has 0 radical (unpaired) electrons. The molecule has 56 heavy (non-hydrogen) atoms. The number of rotatable bonds is 6. The predicted molar refractivity (Wildman–Crippen MR) is 209 cm³/mol.